The van der Waals surface area contributed by atoms with E-state index in [0.29, 0.717) is 37.1 Å². The summed E-state index contributed by atoms with van der Waals surface area (Å²) in [5, 5.41) is 0. The molecule has 2 aromatic carbocycles. The third-order valence-corrected chi connectivity index (χ3v) is 5.47. The Balaban J connectivity index is 1.51. The number of rotatable bonds is 5. The molecule has 28 heavy (non-hydrogen) atoms. The van der Waals surface area contributed by atoms with Gasteiger partial charge in [0.2, 0.25) is 0 Å². The van der Waals surface area contributed by atoms with Crippen molar-refractivity contribution in [1.29, 1.82) is 0 Å². The number of hydrogen-bond acceptors (Lipinski definition) is 5. The molecule has 0 spiro atoms. The Morgan fingerprint density at radius 1 is 0.964 bits per heavy atom. The second kappa shape index (κ2) is 7.56. The van der Waals surface area contributed by atoms with Gasteiger partial charge in [0.05, 0.1) is 18.2 Å². The van der Waals surface area contributed by atoms with Crippen molar-refractivity contribution >= 4 is 17.6 Å². The number of likely N-dealkylation sites (tertiary alicyclic amines) is 1. The van der Waals surface area contributed by atoms with Crippen molar-refractivity contribution in [3.63, 3.8) is 0 Å². The van der Waals surface area contributed by atoms with E-state index >= 15 is 0 Å². The Kier molecular flexibility index (Phi) is 4.96. The maximum Gasteiger partial charge on any atom is 0.261 e. The van der Waals surface area contributed by atoms with E-state index in [2.05, 4.69) is 4.90 Å². The van der Waals surface area contributed by atoms with Crippen molar-refractivity contribution in [3.05, 3.63) is 65.2 Å². The first-order valence-electron chi connectivity index (χ1n) is 9.40. The minimum Gasteiger partial charge on any atom is -0.497 e. The second-order valence-electron chi connectivity index (χ2n) is 7.23. The van der Waals surface area contributed by atoms with Gasteiger partial charge in [-0.2, -0.15) is 0 Å². The first-order valence-corrected chi connectivity index (χ1v) is 9.40. The van der Waals surface area contributed by atoms with Gasteiger partial charge in [-0.15, -0.1) is 0 Å². The van der Waals surface area contributed by atoms with Gasteiger partial charge in [0.25, 0.3) is 11.8 Å². The van der Waals surface area contributed by atoms with Crippen LogP contribution in [-0.4, -0.2) is 53.6 Å². The molecule has 2 aromatic rings. The van der Waals surface area contributed by atoms with Crippen LogP contribution in [0.3, 0.4) is 0 Å². The fourth-order valence-electron chi connectivity index (χ4n) is 3.91. The van der Waals surface area contributed by atoms with Gasteiger partial charge in [0.1, 0.15) is 11.5 Å². The van der Waals surface area contributed by atoms with Gasteiger partial charge in [0.15, 0.2) is 0 Å². The van der Waals surface area contributed by atoms with Gasteiger partial charge >= 0.3 is 0 Å². The fraction of sp³-hybridized carbons (Fsp3) is 0.318. The Hall–Kier alpha value is -2.99. The molecule has 1 unspecified atom stereocenters. The number of hydrogen-bond donors (Lipinski definition) is 0. The molecule has 2 aliphatic heterocycles. The number of ketones is 1. The molecule has 6 heteroatoms. The number of benzene rings is 2. The van der Waals surface area contributed by atoms with Crippen molar-refractivity contribution in [3.8, 4) is 5.75 Å². The van der Waals surface area contributed by atoms with Crippen molar-refractivity contribution in [2.75, 3.05) is 20.2 Å². The summed E-state index contributed by atoms with van der Waals surface area (Å²) in [5.74, 6) is 0.416. The number of nitrogens with zero attached hydrogens (tertiary/aromatic N) is 2. The van der Waals surface area contributed by atoms with E-state index in [-0.39, 0.29) is 30.2 Å². The van der Waals surface area contributed by atoms with Crippen LogP contribution in [-0.2, 0) is 11.3 Å². The molecule has 0 bridgehead atoms. The summed E-state index contributed by atoms with van der Waals surface area (Å²) in [5.41, 5.74) is 1.98. The molecule has 2 amide bonds. The molecule has 0 aliphatic carbocycles. The van der Waals surface area contributed by atoms with Crippen LogP contribution in [0.2, 0.25) is 0 Å². The fourth-order valence-corrected chi connectivity index (χ4v) is 3.91. The van der Waals surface area contributed by atoms with Crippen LogP contribution in [0.15, 0.2) is 48.5 Å². The third kappa shape index (κ3) is 3.43. The summed E-state index contributed by atoms with van der Waals surface area (Å²) in [6.07, 6.45) is 0.846. The number of imide groups is 1. The molecule has 0 saturated carbocycles. The summed E-state index contributed by atoms with van der Waals surface area (Å²) in [6.45, 7) is 1.51. The summed E-state index contributed by atoms with van der Waals surface area (Å²) >= 11 is 0. The molecule has 0 aromatic heterocycles. The molecule has 6 nitrogen and oxygen atoms in total. The van der Waals surface area contributed by atoms with E-state index < -0.39 is 0 Å². The van der Waals surface area contributed by atoms with E-state index in [9.17, 15) is 14.4 Å². The SMILES string of the molecule is COc1ccc(CN2CCC(=O)CC2CN2C(=O)c3ccccc3C2=O)cc1. The Morgan fingerprint density at radius 3 is 2.21 bits per heavy atom. The van der Waals surface area contributed by atoms with Gasteiger partial charge in [-0.1, -0.05) is 24.3 Å². The highest BCUT2D eigenvalue weighted by molar-refractivity contribution is 6.21. The molecule has 2 aliphatic rings. The van der Waals surface area contributed by atoms with Crippen LogP contribution in [0.5, 0.6) is 5.75 Å². The Bertz CT molecular complexity index is 887. The number of carbonyl (C=O) groups excluding carboxylic acids is 3. The van der Waals surface area contributed by atoms with Gasteiger partial charge in [-0.25, -0.2) is 0 Å². The molecule has 4 rings (SSSR count). The van der Waals surface area contributed by atoms with Crippen molar-refractivity contribution in [1.82, 2.24) is 9.80 Å². The Labute approximate surface area is 163 Å². The number of piperidine rings is 1. The number of fused-ring (bicyclic) bond motifs is 1. The highest BCUT2D eigenvalue weighted by Gasteiger charge is 2.38. The standard InChI is InChI=1S/C22H22N2O4/c1-28-18-8-6-15(7-9-18)13-23-11-10-17(25)12-16(23)14-24-21(26)19-4-2-3-5-20(19)22(24)27/h2-9,16H,10-14H2,1H3. The molecular formula is C22H22N2O4. The quantitative estimate of drug-likeness (QED) is 0.748. The van der Waals surface area contributed by atoms with E-state index in [4.69, 9.17) is 4.74 Å². The number of methoxy groups -OCH3 is 1. The molecule has 1 atom stereocenters. The zero-order valence-electron chi connectivity index (χ0n) is 15.8. The summed E-state index contributed by atoms with van der Waals surface area (Å²) in [6, 6.07) is 14.5. The van der Waals surface area contributed by atoms with Gasteiger partial charge < -0.3 is 4.74 Å². The lowest BCUT2D eigenvalue weighted by atomic mass is 9.99. The largest absolute Gasteiger partial charge is 0.497 e. The van der Waals surface area contributed by atoms with Crippen LogP contribution < -0.4 is 4.74 Å². The van der Waals surface area contributed by atoms with E-state index in [1.807, 2.05) is 24.3 Å². The molecule has 0 radical (unpaired) electrons. The monoisotopic (exact) mass is 378 g/mol. The summed E-state index contributed by atoms with van der Waals surface area (Å²) in [4.78, 5) is 40.9. The lowest BCUT2D eigenvalue weighted by Gasteiger charge is -2.36. The normalized spacial score (nSPS) is 19.8. The zero-order valence-corrected chi connectivity index (χ0v) is 15.8. The molecule has 1 fully saturated rings. The first-order chi connectivity index (χ1) is 13.6. The van der Waals surface area contributed by atoms with Gasteiger partial charge in [0, 0.05) is 38.5 Å². The molecule has 0 N–H and O–H groups in total. The maximum absolute atomic E-state index is 12.7. The Morgan fingerprint density at radius 2 is 1.61 bits per heavy atom. The van der Waals surface area contributed by atoms with Crippen LogP contribution in [0.4, 0.5) is 0 Å². The average molecular weight is 378 g/mol. The van der Waals surface area contributed by atoms with E-state index in [1.54, 1.807) is 31.4 Å². The predicted octanol–water partition coefficient (Wildman–Crippen LogP) is 2.52. The molecule has 1 saturated heterocycles. The average Bonchev–Trinajstić information content (AvgIpc) is 2.96. The minimum absolute atomic E-state index is 0.174. The van der Waals surface area contributed by atoms with Gasteiger partial charge in [-0.3, -0.25) is 24.2 Å². The van der Waals surface area contributed by atoms with Crippen LogP contribution >= 0.6 is 0 Å². The molecule has 2 heterocycles. The lowest BCUT2D eigenvalue weighted by Crippen LogP contribution is -2.49. The highest BCUT2D eigenvalue weighted by Crippen LogP contribution is 2.26. The number of carbonyl (C=O) groups is 3. The lowest BCUT2D eigenvalue weighted by molar-refractivity contribution is -0.123. The number of amides is 2. The predicted molar refractivity (Wildman–Crippen MR) is 103 cm³/mol. The van der Waals surface area contributed by atoms with Crippen molar-refractivity contribution in [2.45, 2.75) is 25.4 Å². The zero-order chi connectivity index (χ0) is 19.7. The van der Waals surface area contributed by atoms with E-state index in [0.717, 1.165) is 11.3 Å². The summed E-state index contributed by atoms with van der Waals surface area (Å²) < 4.78 is 5.20. The van der Waals surface area contributed by atoms with Crippen LogP contribution in [0.1, 0.15) is 39.1 Å². The number of ether oxygens (including phenoxy) is 1. The number of Topliss-reactive ketones (excluding diaryl/α,β-unsaturated/α-hetero) is 1. The maximum atomic E-state index is 12.7. The topological polar surface area (TPSA) is 66.9 Å². The van der Waals surface area contributed by atoms with Crippen molar-refractivity contribution in [2.24, 2.45) is 0 Å². The van der Waals surface area contributed by atoms with Gasteiger partial charge in [-0.05, 0) is 29.8 Å². The first kappa shape index (κ1) is 18.4. The van der Waals surface area contributed by atoms with Crippen LogP contribution in [0, 0.1) is 0 Å². The third-order valence-electron chi connectivity index (χ3n) is 5.47. The molecule has 144 valence electrons. The highest BCUT2D eigenvalue weighted by atomic mass is 16.5. The summed E-state index contributed by atoms with van der Waals surface area (Å²) in [7, 11) is 1.63. The van der Waals surface area contributed by atoms with E-state index in [1.165, 1.54) is 4.90 Å². The van der Waals surface area contributed by atoms with Crippen molar-refractivity contribution < 1.29 is 19.1 Å². The molecular weight excluding hydrogens is 356 g/mol. The van der Waals surface area contributed by atoms with Crippen LogP contribution in [0.25, 0.3) is 0 Å². The smallest absolute Gasteiger partial charge is 0.261 e. The second-order valence-corrected chi connectivity index (χ2v) is 7.23. The minimum atomic E-state index is -0.275.